The third-order valence-corrected chi connectivity index (χ3v) is 7.52. The maximum atomic E-state index is 12.6. The number of carbonyl (C=O) groups excluding carboxylic acids is 1. The molecule has 4 aliphatic rings. The van der Waals surface area contributed by atoms with Gasteiger partial charge >= 0.3 is 5.97 Å². The molecule has 3 nitrogen and oxygen atoms in total. The van der Waals surface area contributed by atoms with E-state index >= 15 is 0 Å². The van der Waals surface area contributed by atoms with Crippen LogP contribution in [0.2, 0.25) is 0 Å². The fourth-order valence-corrected chi connectivity index (χ4v) is 6.20. The van der Waals surface area contributed by atoms with Crippen molar-refractivity contribution in [3.05, 3.63) is 12.2 Å². The molecular formula is C21H33NO2. The van der Waals surface area contributed by atoms with E-state index in [1.54, 1.807) is 0 Å². The summed E-state index contributed by atoms with van der Waals surface area (Å²) in [6.45, 7) is 12.4. The lowest BCUT2D eigenvalue weighted by atomic mass is 9.55. The molecule has 24 heavy (non-hydrogen) atoms. The van der Waals surface area contributed by atoms with Gasteiger partial charge in [-0.1, -0.05) is 26.0 Å². The molecule has 0 aromatic carbocycles. The average molecular weight is 332 g/mol. The molecule has 4 fully saturated rings. The van der Waals surface area contributed by atoms with E-state index in [9.17, 15) is 4.79 Å². The smallest absolute Gasteiger partial charge is 0.310 e. The lowest BCUT2D eigenvalue weighted by molar-refractivity contribution is -0.146. The minimum atomic E-state index is 0.0797. The van der Waals surface area contributed by atoms with Crippen LogP contribution in [0, 0.1) is 29.1 Å². The molecule has 3 heteroatoms. The van der Waals surface area contributed by atoms with Gasteiger partial charge in [0.05, 0.1) is 5.92 Å². The number of carbonyl (C=O) groups is 1. The highest BCUT2D eigenvalue weighted by atomic mass is 16.6. The summed E-state index contributed by atoms with van der Waals surface area (Å²) in [5.74, 6) is 1.96. The van der Waals surface area contributed by atoms with Gasteiger partial charge in [0.2, 0.25) is 0 Å². The zero-order chi connectivity index (χ0) is 16.9. The van der Waals surface area contributed by atoms with Crippen molar-refractivity contribution >= 4 is 5.97 Å². The molecule has 2 saturated heterocycles. The van der Waals surface area contributed by atoms with Crippen LogP contribution in [0.5, 0.6) is 0 Å². The first kappa shape index (κ1) is 16.6. The van der Waals surface area contributed by atoms with E-state index in [1.165, 1.54) is 37.7 Å². The van der Waals surface area contributed by atoms with Gasteiger partial charge in [0.15, 0.2) is 0 Å². The van der Waals surface area contributed by atoms with E-state index in [0.717, 1.165) is 38.4 Å². The molecule has 134 valence electrons. The van der Waals surface area contributed by atoms with E-state index in [4.69, 9.17) is 4.74 Å². The standard InChI is InChI=1S/C21H33NO2/c1-14-6-5-9-22(12-14)13-17-16-10-18-15(2)7-4-8-21(18,3)11-19(16)24-20(17)23/h14,16-19H,2,4-13H2,1,3H3/t14-,16+,17-,18+,19-,21-/m0/s1. The molecule has 0 aromatic heterocycles. The van der Waals surface area contributed by atoms with Crippen molar-refractivity contribution in [1.29, 1.82) is 0 Å². The Kier molecular flexibility index (Phi) is 4.27. The van der Waals surface area contributed by atoms with E-state index in [-0.39, 0.29) is 18.0 Å². The van der Waals surface area contributed by atoms with Crippen molar-refractivity contribution in [2.45, 2.75) is 64.9 Å². The van der Waals surface area contributed by atoms with Gasteiger partial charge < -0.3 is 9.64 Å². The summed E-state index contributed by atoms with van der Waals surface area (Å²) in [5.41, 5.74) is 1.75. The maximum Gasteiger partial charge on any atom is 0.310 e. The number of piperidine rings is 1. The number of ether oxygens (including phenoxy) is 1. The van der Waals surface area contributed by atoms with Crippen molar-refractivity contribution in [1.82, 2.24) is 4.90 Å². The van der Waals surface area contributed by atoms with E-state index in [2.05, 4.69) is 25.3 Å². The molecule has 0 spiro atoms. The number of nitrogens with zero attached hydrogens (tertiary/aromatic N) is 1. The molecule has 2 aliphatic carbocycles. The van der Waals surface area contributed by atoms with Crippen LogP contribution in [0.1, 0.15) is 58.8 Å². The first-order valence-corrected chi connectivity index (χ1v) is 10.1. The van der Waals surface area contributed by atoms with Gasteiger partial charge in [-0.05, 0) is 68.7 Å². The maximum absolute atomic E-state index is 12.6. The molecule has 0 bridgehead atoms. The van der Waals surface area contributed by atoms with Crippen LogP contribution in [0.4, 0.5) is 0 Å². The Bertz CT molecular complexity index is 530. The van der Waals surface area contributed by atoms with Crippen molar-refractivity contribution in [3.63, 3.8) is 0 Å². The van der Waals surface area contributed by atoms with Crippen LogP contribution >= 0.6 is 0 Å². The fraction of sp³-hybridized carbons (Fsp3) is 0.857. The minimum Gasteiger partial charge on any atom is -0.462 e. The Morgan fingerprint density at radius 3 is 3.00 bits per heavy atom. The van der Waals surface area contributed by atoms with Crippen LogP contribution in [-0.2, 0) is 9.53 Å². The monoisotopic (exact) mass is 331 g/mol. The number of likely N-dealkylation sites (tertiary alicyclic amines) is 1. The number of allylic oxidation sites excluding steroid dienone is 1. The third-order valence-electron chi connectivity index (χ3n) is 7.52. The second-order valence-corrected chi connectivity index (χ2v) is 9.41. The summed E-state index contributed by atoms with van der Waals surface area (Å²) in [6.07, 6.45) is 8.65. The number of rotatable bonds is 2. The average Bonchev–Trinajstić information content (AvgIpc) is 2.80. The Morgan fingerprint density at radius 1 is 1.38 bits per heavy atom. The molecule has 6 atom stereocenters. The van der Waals surface area contributed by atoms with Crippen LogP contribution < -0.4 is 0 Å². The van der Waals surface area contributed by atoms with Crippen molar-refractivity contribution in [3.8, 4) is 0 Å². The number of hydrogen-bond donors (Lipinski definition) is 0. The minimum absolute atomic E-state index is 0.0797. The predicted molar refractivity (Wildman–Crippen MR) is 95.5 cm³/mol. The van der Waals surface area contributed by atoms with Gasteiger partial charge in [-0.3, -0.25) is 4.79 Å². The molecule has 0 amide bonds. The highest BCUT2D eigenvalue weighted by molar-refractivity contribution is 5.75. The van der Waals surface area contributed by atoms with E-state index < -0.39 is 0 Å². The first-order valence-electron chi connectivity index (χ1n) is 10.1. The molecule has 0 aromatic rings. The zero-order valence-corrected chi connectivity index (χ0v) is 15.4. The summed E-state index contributed by atoms with van der Waals surface area (Å²) < 4.78 is 5.90. The molecular weight excluding hydrogens is 298 g/mol. The van der Waals surface area contributed by atoms with Crippen LogP contribution in [-0.4, -0.2) is 36.6 Å². The fourth-order valence-electron chi connectivity index (χ4n) is 6.20. The SMILES string of the molecule is C=C1CCC[C@@]2(C)C[C@@H]3OC(=O)[C@@H](CN4CCC[C@H](C)C4)[C@H]3C[C@H]12. The van der Waals surface area contributed by atoms with Crippen LogP contribution in [0.25, 0.3) is 0 Å². The normalized spacial score (nSPS) is 46.3. The quantitative estimate of drug-likeness (QED) is 0.565. The molecule has 2 aliphatic heterocycles. The van der Waals surface area contributed by atoms with Gasteiger partial charge in [0.25, 0.3) is 0 Å². The van der Waals surface area contributed by atoms with Crippen molar-refractivity contribution in [2.24, 2.45) is 29.1 Å². The Hall–Kier alpha value is -0.830. The van der Waals surface area contributed by atoms with Gasteiger partial charge in [0, 0.05) is 19.0 Å². The second kappa shape index (κ2) is 6.16. The summed E-state index contributed by atoms with van der Waals surface area (Å²) in [7, 11) is 0. The number of esters is 1. The predicted octanol–water partition coefficient (Wildman–Crippen LogP) is 4.03. The molecule has 0 unspecified atom stereocenters. The second-order valence-electron chi connectivity index (χ2n) is 9.41. The number of fused-ring (bicyclic) bond motifs is 2. The molecule has 0 N–H and O–H groups in total. The first-order chi connectivity index (χ1) is 11.5. The summed E-state index contributed by atoms with van der Waals surface area (Å²) in [4.78, 5) is 15.1. The molecule has 2 saturated carbocycles. The summed E-state index contributed by atoms with van der Waals surface area (Å²) >= 11 is 0. The van der Waals surface area contributed by atoms with E-state index in [1.807, 2.05) is 0 Å². The molecule has 2 heterocycles. The lowest BCUT2D eigenvalue weighted by Crippen LogP contribution is -2.46. The highest BCUT2D eigenvalue weighted by Crippen LogP contribution is 2.56. The number of hydrogen-bond acceptors (Lipinski definition) is 3. The Labute approximate surface area is 146 Å². The van der Waals surface area contributed by atoms with Crippen molar-refractivity contribution in [2.75, 3.05) is 19.6 Å². The van der Waals surface area contributed by atoms with E-state index in [0.29, 0.717) is 17.3 Å². The largest absolute Gasteiger partial charge is 0.462 e. The van der Waals surface area contributed by atoms with Crippen LogP contribution in [0.15, 0.2) is 12.2 Å². The topological polar surface area (TPSA) is 29.5 Å². The molecule has 4 rings (SSSR count). The zero-order valence-electron chi connectivity index (χ0n) is 15.4. The van der Waals surface area contributed by atoms with Gasteiger partial charge in [0.1, 0.15) is 6.10 Å². The van der Waals surface area contributed by atoms with Gasteiger partial charge in [-0.2, -0.15) is 0 Å². The van der Waals surface area contributed by atoms with Gasteiger partial charge in [-0.25, -0.2) is 0 Å². The third kappa shape index (κ3) is 2.83. The summed E-state index contributed by atoms with van der Waals surface area (Å²) in [5, 5.41) is 0. The Morgan fingerprint density at radius 2 is 2.21 bits per heavy atom. The highest BCUT2D eigenvalue weighted by Gasteiger charge is 2.55. The van der Waals surface area contributed by atoms with Crippen molar-refractivity contribution < 1.29 is 9.53 Å². The van der Waals surface area contributed by atoms with Gasteiger partial charge in [-0.15, -0.1) is 0 Å². The Balaban J connectivity index is 1.49. The molecule has 0 radical (unpaired) electrons. The lowest BCUT2D eigenvalue weighted by Gasteiger charge is -2.50. The van der Waals surface area contributed by atoms with Crippen LogP contribution in [0.3, 0.4) is 0 Å². The summed E-state index contributed by atoms with van der Waals surface area (Å²) in [6, 6.07) is 0.